The first-order valence-corrected chi connectivity index (χ1v) is 8.96. The van der Waals surface area contributed by atoms with Crippen molar-refractivity contribution in [1.82, 2.24) is 15.5 Å². The van der Waals surface area contributed by atoms with Gasteiger partial charge in [-0.15, -0.1) is 0 Å². The number of hydrogen-bond donors (Lipinski definition) is 4. The Morgan fingerprint density at radius 1 is 1.21 bits per heavy atom. The molecule has 0 fully saturated rings. The number of nitrogens with zero attached hydrogens (tertiary/aromatic N) is 1. The number of aromatic amines is 1. The maximum absolute atomic E-state index is 12.7. The van der Waals surface area contributed by atoms with Gasteiger partial charge in [0.15, 0.2) is 5.69 Å². The number of H-pyrrole nitrogens is 1. The van der Waals surface area contributed by atoms with Crippen molar-refractivity contribution in [2.75, 3.05) is 25.5 Å². The fraction of sp³-hybridized carbons (Fsp3) is 0.250. The van der Waals surface area contributed by atoms with Gasteiger partial charge in [-0.2, -0.15) is 5.10 Å². The fourth-order valence-corrected chi connectivity index (χ4v) is 2.96. The molecule has 2 amide bonds. The van der Waals surface area contributed by atoms with Gasteiger partial charge in [0.1, 0.15) is 5.75 Å². The average molecular weight is 381 g/mol. The first-order valence-electron chi connectivity index (χ1n) is 8.96. The SMILES string of the molecule is COc1ccc(NC(=O)c2n[nH]c3cccc(C)c23)cc1C(=O)NCCCN. The summed E-state index contributed by atoms with van der Waals surface area (Å²) in [6.07, 6.45) is 0.677. The molecule has 2 aromatic carbocycles. The maximum Gasteiger partial charge on any atom is 0.276 e. The average Bonchev–Trinajstić information content (AvgIpc) is 3.14. The molecular weight excluding hydrogens is 358 g/mol. The number of amides is 2. The van der Waals surface area contributed by atoms with E-state index in [2.05, 4.69) is 20.8 Å². The van der Waals surface area contributed by atoms with Gasteiger partial charge in [0.25, 0.3) is 11.8 Å². The molecule has 0 unspecified atom stereocenters. The Labute approximate surface area is 162 Å². The number of aromatic nitrogens is 2. The van der Waals surface area contributed by atoms with E-state index in [9.17, 15) is 9.59 Å². The lowest BCUT2D eigenvalue weighted by Crippen LogP contribution is -2.26. The van der Waals surface area contributed by atoms with Crippen molar-refractivity contribution in [2.45, 2.75) is 13.3 Å². The highest BCUT2D eigenvalue weighted by Gasteiger charge is 2.18. The summed E-state index contributed by atoms with van der Waals surface area (Å²) >= 11 is 0. The molecule has 0 spiro atoms. The van der Waals surface area contributed by atoms with Crippen LogP contribution in [0.2, 0.25) is 0 Å². The summed E-state index contributed by atoms with van der Waals surface area (Å²) in [5.41, 5.74) is 8.30. The lowest BCUT2D eigenvalue weighted by atomic mass is 10.1. The Morgan fingerprint density at radius 3 is 2.79 bits per heavy atom. The lowest BCUT2D eigenvalue weighted by Gasteiger charge is -2.12. The van der Waals surface area contributed by atoms with Gasteiger partial charge in [-0.05, 0) is 49.7 Å². The van der Waals surface area contributed by atoms with Crippen molar-refractivity contribution in [3.05, 3.63) is 53.2 Å². The number of nitrogens with two attached hydrogens (primary N) is 1. The van der Waals surface area contributed by atoms with Gasteiger partial charge in [-0.3, -0.25) is 14.7 Å². The number of benzene rings is 2. The van der Waals surface area contributed by atoms with Crippen LogP contribution in [-0.2, 0) is 0 Å². The minimum absolute atomic E-state index is 0.289. The number of ether oxygens (including phenoxy) is 1. The molecule has 0 aliphatic rings. The minimum atomic E-state index is -0.361. The molecule has 8 nitrogen and oxygen atoms in total. The monoisotopic (exact) mass is 381 g/mol. The van der Waals surface area contributed by atoms with Crippen molar-refractivity contribution in [3.8, 4) is 5.75 Å². The molecule has 0 bridgehead atoms. The standard InChI is InChI=1S/C20H23N5O3/c1-12-5-3-6-15-17(12)18(25-24-15)20(27)23-13-7-8-16(28-2)14(11-13)19(26)22-10-4-9-21/h3,5-8,11H,4,9-10,21H2,1-2H3,(H,22,26)(H,23,27)(H,24,25). The van der Waals surface area contributed by atoms with Gasteiger partial charge in [-0.25, -0.2) is 0 Å². The van der Waals surface area contributed by atoms with E-state index in [1.54, 1.807) is 18.2 Å². The van der Waals surface area contributed by atoms with Gasteiger partial charge in [0.05, 0.1) is 18.2 Å². The molecule has 146 valence electrons. The van der Waals surface area contributed by atoms with Crippen molar-refractivity contribution in [1.29, 1.82) is 0 Å². The second-order valence-corrected chi connectivity index (χ2v) is 6.34. The number of rotatable bonds is 7. The summed E-state index contributed by atoms with van der Waals surface area (Å²) in [6.45, 7) is 2.88. The van der Waals surface area contributed by atoms with E-state index in [0.717, 1.165) is 16.5 Å². The number of methoxy groups -OCH3 is 1. The van der Waals surface area contributed by atoms with Crippen LogP contribution in [0.3, 0.4) is 0 Å². The highest BCUT2D eigenvalue weighted by molar-refractivity contribution is 6.12. The molecular formula is C20H23N5O3. The lowest BCUT2D eigenvalue weighted by molar-refractivity contribution is 0.0949. The Bertz CT molecular complexity index is 1010. The molecule has 3 aromatic rings. The molecule has 0 atom stereocenters. The van der Waals surface area contributed by atoms with Crippen LogP contribution in [0.5, 0.6) is 5.75 Å². The van der Waals surface area contributed by atoms with Crippen LogP contribution in [0.1, 0.15) is 32.8 Å². The van der Waals surface area contributed by atoms with Crippen molar-refractivity contribution in [2.24, 2.45) is 5.73 Å². The second-order valence-electron chi connectivity index (χ2n) is 6.34. The Balaban J connectivity index is 1.84. The van der Waals surface area contributed by atoms with Crippen LogP contribution in [0.15, 0.2) is 36.4 Å². The summed E-state index contributed by atoms with van der Waals surface area (Å²) in [5.74, 6) is -0.230. The number of fused-ring (bicyclic) bond motifs is 1. The van der Waals surface area contributed by atoms with Crippen molar-refractivity contribution < 1.29 is 14.3 Å². The third-order valence-electron chi connectivity index (χ3n) is 4.38. The van der Waals surface area contributed by atoms with Gasteiger partial charge < -0.3 is 21.1 Å². The smallest absolute Gasteiger partial charge is 0.276 e. The number of carbonyl (C=O) groups excluding carboxylic acids is 2. The van der Waals surface area contributed by atoms with E-state index in [0.29, 0.717) is 42.2 Å². The van der Waals surface area contributed by atoms with E-state index in [1.807, 2.05) is 25.1 Å². The summed E-state index contributed by atoms with van der Waals surface area (Å²) in [5, 5.41) is 13.4. The van der Waals surface area contributed by atoms with Crippen LogP contribution in [0.4, 0.5) is 5.69 Å². The molecule has 0 aliphatic carbocycles. The quantitative estimate of drug-likeness (QED) is 0.468. The van der Waals surface area contributed by atoms with E-state index in [-0.39, 0.29) is 11.8 Å². The van der Waals surface area contributed by atoms with Gasteiger partial charge in [0, 0.05) is 17.6 Å². The maximum atomic E-state index is 12.7. The largest absolute Gasteiger partial charge is 0.496 e. The number of hydrogen-bond acceptors (Lipinski definition) is 5. The molecule has 3 rings (SSSR count). The zero-order valence-electron chi connectivity index (χ0n) is 15.8. The van der Waals surface area contributed by atoms with E-state index in [1.165, 1.54) is 7.11 Å². The first-order chi connectivity index (χ1) is 13.5. The second kappa shape index (κ2) is 8.53. The highest BCUT2D eigenvalue weighted by Crippen LogP contribution is 2.25. The van der Waals surface area contributed by atoms with Crippen LogP contribution < -0.4 is 21.1 Å². The van der Waals surface area contributed by atoms with Crippen LogP contribution >= 0.6 is 0 Å². The molecule has 0 saturated heterocycles. The third kappa shape index (κ3) is 3.96. The molecule has 0 aliphatic heterocycles. The van der Waals surface area contributed by atoms with Gasteiger partial charge >= 0.3 is 0 Å². The van der Waals surface area contributed by atoms with Crippen molar-refractivity contribution >= 4 is 28.4 Å². The fourth-order valence-electron chi connectivity index (χ4n) is 2.96. The minimum Gasteiger partial charge on any atom is -0.496 e. The molecule has 0 saturated carbocycles. The number of nitrogens with one attached hydrogen (secondary N) is 3. The van der Waals surface area contributed by atoms with E-state index >= 15 is 0 Å². The van der Waals surface area contributed by atoms with Gasteiger partial charge in [-0.1, -0.05) is 12.1 Å². The predicted octanol–water partition coefficient (Wildman–Crippen LogP) is 2.21. The Hall–Kier alpha value is -3.39. The number of aryl methyl sites for hydroxylation is 1. The highest BCUT2D eigenvalue weighted by atomic mass is 16.5. The van der Waals surface area contributed by atoms with Crippen LogP contribution in [0.25, 0.3) is 10.9 Å². The third-order valence-corrected chi connectivity index (χ3v) is 4.38. The number of carbonyl (C=O) groups is 2. The molecule has 1 heterocycles. The summed E-state index contributed by atoms with van der Waals surface area (Å²) in [6, 6.07) is 10.6. The predicted molar refractivity (Wildman–Crippen MR) is 108 cm³/mol. The van der Waals surface area contributed by atoms with Crippen LogP contribution in [0, 0.1) is 6.92 Å². The zero-order valence-corrected chi connectivity index (χ0v) is 15.8. The summed E-state index contributed by atoms with van der Waals surface area (Å²) in [7, 11) is 1.49. The van der Waals surface area contributed by atoms with Crippen LogP contribution in [-0.4, -0.2) is 42.2 Å². The summed E-state index contributed by atoms with van der Waals surface area (Å²) in [4.78, 5) is 25.2. The zero-order chi connectivity index (χ0) is 20.1. The topological polar surface area (TPSA) is 122 Å². The molecule has 0 radical (unpaired) electrons. The Morgan fingerprint density at radius 2 is 2.04 bits per heavy atom. The Kier molecular flexibility index (Phi) is 5.90. The molecule has 5 N–H and O–H groups in total. The van der Waals surface area contributed by atoms with Crippen molar-refractivity contribution in [3.63, 3.8) is 0 Å². The molecule has 8 heteroatoms. The van der Waals surface area contributed by atoms with Gasteiger partial charge in [0.2, 0.25) is 0 Å². The number of anilines is 1. The molecule has 1 aromatic heterocycles. The van der Waals surface area contributed by atoms with E-state index in [4.69, 9.17) is 10.5 Å². The normalized spacial score (nSPS) is 10.7. The molecule has 28 heavy (non-hydrogen) atoms. The van der Waals surface area contributed by atoms with E-state index < -0.39 is 0 Å². The first kappa shape index (κ1) is 19.4. The summed E-state index contributed by atoms with van der Waals surface area (Å²) < 4.78 is 5.26.